The highest BCUT2D eigenvalue weighted by molar-refractivity contribution is 6.32. The minimum Gasteiger partial charge on any atom is -0.378 e. The molecule has 1 fully saturated rings. The van der Waals surface area contributed by atoms with E-state index in [9.17, 15) is 4.79 Å². The van der Waals surface area contributed by atoms with E-state index in [1.807, 2.05) is 13.0 Å². The third kappa shape index (κ3) is 2.82. The molecule has 1 amide bonds. The fraction of sp³-hybridized carbons (Fsp3) is 0.538. The molecule has 4 nitrogen and oxygen atoms in total. The fourth-order valence-corrected chi connectivity index (χ4v) is 2.30. The maximum absolute atomic E-state index is 12.0. The largest absolute Gasteiger partial charge is 0.378 e. The van der Waals surface area contributed by atoms with Crippen LogP contribution in [0.4, 0.5) is 5.69 Å². The number of nitrogens with one attached hydrogen (secondary N) is 1. The van der Waals surface area contributed by atoms with E-state index in [4.69, 9.17) is 16.3 Å². The van der Waals surface area contributed by atoms with E-state index in [2.05, 4.69) is 10.3 Å². The predicted octanol–water partition coefficient (Wildman–Crippen LogP) is 2.94. The predicted molar refractivity (Wildman–Crippen MR) is 70.8 cm³/mol. The van der Waals surface area contributed by atoms with Crippen molar-refractivity contribution in [2.75, 3.05) is 12.4 Å². The van der Waals surface area contributed by atoms with E-state index in [0.717, 1.165) is 24.8 Å². The zero-order valence-corrected chi connectivity index (χ0v) is 11.4. The number of pyridine rings is 1. The molecule has 1 aromatic heterocycles. The van der Waals surface area contributed by atoms with Crippen molar-refractivity contribution in [3.8, 4) is 0 Å². The van der Waals surface area contributed by atoms with Gasteiger partial charge in [-0.3, -0.25) is 4.79 Å². The summed E-state index contributed by atoms with van der Waals surface area (Å²) in [4.78, 5) is 16.0. The molecule has 0 radical (unpaired) electrons. The number of aromatic nitrogens is 1. The van der Waals surface area contributed by atoms with Gasteiger partial charge in [-0.1, -0.05) is 11.6 Å². The van der Waals surface area contributed by atoms with Crippen LogP contribution in [0.5, 0.6) is 0 Å². The first-order valence-electron chi connectivity index (χ1n) is 6.02. The van der Waals surface area contributed by atoms with Crippen LogP contribution in [0.1, 0.15) is 31.2 Å². The molecule has 0 bridgehead atoms. The van der Waals surface area contributed by atoms with Gasteiger partial charge in [0, 0.05) is 13.3 Å². The van der Waals surface area contributed by atoms with Gasteiger partial charge in [-0.25, -0.2) is 4.98 Å². The summed E-state index contributed by atoms with van der Waals surface area (Å²) in [7, 11) is 1.66. The van der Waals surface area contributed by atoms with Gasteiger partial charge in [-0.2, -0.15) is 0 Å². The normalized spacial score (nSPS) is 17.1. The molecule has 1 aliphatic carbocycles. The van der Waals surface area contributed by atoms with Crippen molar-refractivity contribution in [2.45, 2.75) is 38.2 Å². The van der Waals surface area contributed by atoms with Gasteiger partial charge < -0.3 is 10.1 Å². The highest BCUT2D eigenvalue weighted by Crippen LogP contribution is 2.38. The molecule has 0 aromatic carbocycles. The molecule has 1 heterocycles. The Morgan fingerprint density at radius 2 is 2.33 bits per heavy atom. The number of anilines is 1. The van der Waals surface area contributed by atoms with Crippen molar-refractivity contribution in [1.82, 2.24) is 4.98 Å². The summed E-state index contributed by atoms with van der Waals surface area (Å²) < 4.78 is 5.43. The Hall–Kier alpha value is -1.13. The zero-order valence-electron chi connectivity index (χ0n) is 10.6. The minimum absolute atomic E-state index is 0.0779. The van der Waals surface area contributed by atoms with Gasteiger partial charge in [0.05, 0.1) is 17.7 Å². The topological polar surface area (TPSA) is 51.2 Å². The standard InChI is InChI=1S/C13H17ClN2O2/c1-9-6-10(12(14)15-8-9)16-11(17)7-13(18-2)4-3-5-13/h6,8H,3-5,7H2,1-2H3,(H,16,17). The molecule has 98 valence electrons. The van der Waals surface area contributed by atoms with Gasteiger partial charge in [0.15, 0.2) is 5.15 Å². The first-order chi connectivity index (χ1) is 8.54. The number of nitrogens with zero attached hydrogens (tertiary/aromatic N) is 1. The second-order valence-electron chi connectivity index (χ2n) is 4.82. The van der Waals surface area contributed by atoms with E-state index in [1.165, 1.54) is 0 Å². The van der Waals surface area contributed by atoms with Gasteiger partial charge in [0.2, 0.25) is 5.91 Å². The number of hydrogen-bond donors (Lipinski definition) is 1. The molecule has 0 saturated heterocycles. The number of rotatable bonds is 4. The van der Waals surface area contributed by atoms with Crippen molar-refractivity contribution >= 4 is 23.2 Å². The Balaban J connectivity index is 2.00. The summed E-state index contributed by atoms with van der Waals surface area (Å²) in [5, 5.41) is 3.11. The quantitative estimate of drug-likeness (QED) is 0.854. The molecule has 1 saturated carbocycles. The Morgan fingerprint density at radius 1 is 1.61 bits per heavy atom. The number of ether oxygens (including phenoxy) is 1. The van der Waals surface area contributed by atoms with Gasteiger partial charge >= 0.3 is 0 Å². The monoisotopic (exact) mass is 268 g/mol. The lowest BCUT2D eigenvalue weighted by Gasteiger charge is -2.39. The van der Waals surface area contributed by atoms with Gasteiger partial charge in [0.1, 0.15) is 0 Å². The molecule has 2 rings (SSSR count). The van der Waals surface area contributed by atoms with Gasteiger partial charge in [-0.05, 0) is 37.8 Å². The average molecular weight is 269 g/mol. The molecule has 0 atom stereocenters. The van der Waals surface area contributed by atoms with Crippen LogP contribution in [0, 0.1) is 6.92 Å². The van der Waals surface area contributed by atoms with Crippen molar-refractivity contribution in [3.63, 3.8) is 0 Å². The van der Waals surface area contributed by atoms with Crippen molar-refractivity contribution in [3.05, 3.63) is 23.0 Å². The molecule has 5 heteroatoms. The fourth-order valence-electron chi connectivity index (χ4n) is 2.15. The van der Waals surface area contributed by atoms with Crippen molar-refractivity contribution < 1.29 is 9.53 Å². The molecule has 1 aromatic rings. The summed E-state index contributed by atoms with van der Waals surface area (Å²) in [6.45, 7) is 1.90. The molecule has 0 spiro atoms. The Morgan fingerprint density at radius 3 is 2.89 bits per heavy atom. The summed E-state index contributed by atoms with van der Waals surface area (Å²) >= 11 is 5.94. The zero-order chi connectivity index (χ0) is 13.2. The second-order valence-corrected chi connectivity index (χ2v) is 5.17. The second kappa shape index (κ2) is 5.24. The summed E-state index contributed by atoms with van der Waals surface area (Å²) in [5.41, 5.74) is 1.25. The van der Waals surface area contributed by atoms with Crippen LogP contribution in [0.15, 0.2) is 12.3 Å². The maximum atomic E-state index is 12.0. The molecule has 0 unspecified atom stereocenters. The van der Waals surface area contributed by atoms with Gasteiger partial charge in [0.25, 0.3) is 0 Å². The lowest BCUT2D eigenvalue weighted by Crippen LogP contribution is -2.42. The van der Waals surface area contributed by atoms with Crippen LogP contribution >= 0.6 is 11.6 Å². The first kappa shape index (κ1) is 13.3. The van der Waals surface area contributed by atoms with E-state index < -0.39 is 0 Å². The number of hydrogen-bond acceptors (Lipinski definition) is 3. The molecule has 0 aliphatic heterocycles. The lowest BCUT2D eigenvalue weighted by molar-refractivity contribution is -0.129. The van der Waals surface area contributed by atoms with Crippen LogP contribution in [0.2, 0.25) is 5.15 Å². The minimum atomic E-state index is -0.270. The SMILES string of the molecule is COC1(CC(=O)Nc2cc(C)cnc2Cl)CCC1. The molecule has 18 heavy (non-hydrogen) atoms. The lowest BCUT2D eigenvalue weighted by atomic mass is 9.77. The van der Waals surface area contributed by atoms with E-state index in [0.29, 0.717) is 17.3 Å². The third-order valence-electron chi connectivity index (χ3n) is 3.43. The highest BCUT2D eigenvalue weighted by Gasteiger charge is 2.39. The van der Waals surface area contributed by atoms with Crippen LogP contribution in [0.25, 0.3) is 0 Å². The first-order valence-corrected chi connectivity index (χ1v) is 6.40. The molecular weight excluding hydrogens is 252 g/mol. The number of carbonyl (C=O) groups is 1. The smallest absolute Gasteiger partial charge is 0.227 e. The van der Waals surface area contributed by atoms with E-state index in [1.54, 1.807) is 13.3 Å². The number of aryl methyl sites for hydroxylation is 1. The Bertz CT molecular complexity index is 453. The van der Waals surface area contributed by atoms with Crippen LogP contribution in [-0.4, -0.2) is 23.6 Å². The Labute approximate surface area is 112 Å². The van der Waals surface area contributed by atoms with E-state index in [-0.39, 0.29) is 11.5 Å². The average Bonchev–Trinajstić information content (AvgIpc) is 2.28. The van der Waals surface area contributed by atoms with Crippen LogP contribution in [-0.2, 0) is 9.53 Å². The molecular formula is C13H17ClN2O2. The maximum Gasteiger partial charge on any atom is 0.227 e. The highest BCUT2D eigenvalue weighted by atomic mass is 35.5. The molecule has 1 N–H and O–H groups in total. The summed E-state index contributed by atoms with van der Waals surface area (Å²) in [6, 6.07) is 1.81. The van der Waals surface area contributed by atoms with Crippen molar-refractivity contribution in [1.29, 1.82) is 0 Å². The number of amides is 1. The number of carbonyl (C=O) groups excluding carboxylic acids is 1. The van der Waals surface area contributed by atoms with Gasteiger partial charge in [-0.15, -0.1) is 0 Å². The van der Waals surface area contributed by atoms with E-state index >= 15 is 0 Å². The number of methoxy groups -OCH3 is 1. The van der Waals surface area contributed by atoms with Crippen LogP contribution < -0.4 is 5.32 Å². The number of halogens is 1. The molecule has 1 aliphatic rings. The Kier molecular flexibility index (Phi) is 3.88. The summed E-state index contributed by atoms with van der Waals surface area (Å²) in [5.74, 6) is -0.0779. The van der Waals surface area contributed by atoms with Crippen LogP contribution in [0.3, 0.4) is 0 Å². The van der Waals surface area contributed by atoms with Crippen molar-refractivity contribution in [2.24, 2.45) is 0 Å². The third-order valence-corrected chi connectivity index (χ3v) is 3.73. The summed E-state index contributed by atoms with van der Waals surface area (Å²) in [6.07, 6.45) is 5.04.